The van der Waals surface area contributed by atoms with Gasteiger partial charge < -0.3 is 25.5 Å². The van der Waals surface area contributed by atoms with Gasteiger partial charge in [-0.05, 0) is 44.7 Å². The zero-order valence-corrected chi connectivity index (χ0v) is 17.3. The van der Waals surface area contributed by atoms with E-state index in [0.29, 0.717) is 25.0 Å². The van der Waals surface area contributed by atoms with Crippen LogP contribution in [0.25, 0.3) is 11.0 Å². The molecule has 7 heteroatoms. The summed E-state index contributed by atoms with van der Waals surface area (Å²) in [6.45, 7) is 7.12. The van der Waals surface area contributed by atoms with Crippen molar-refractivity contribution in [1.82, 2.24) is 16.0 Å². The van der Waals surface area contributed by atoms with Gasteiger partial charge >= 0.3 is 0 Å². The fourth-order valence-corrected chi connectivity index (χ4v) is 3.80. The van der Waals surface area contributed by atoms with Gasteiger partial charge in [-0.15, -0.1) is 0 Å². The lowest BCUT2D eigenvalue weighted by Crippen LogP contribution is -2.53. The van der Waals surface area contributed by atoms with Crippen molar-refractivity contribution < 1.29 is 19.1 Å². The molecule has 2 unspecified atom stereocenters. The molecule has 3 rings (SSSR count). The second-order valence-corrected chi connectivity index (χ2v) is 8.24. The first-order valence-electron chi connectivity index (χ1n) is 10.3. The molecule has 3 atom stereocenters. The maximum atomic E-state index is 12.9. The Morgan fingerprint density at radius 2 is 2.07 bits per heavy atom. The summed E-state index contributed by atoms with van der Waals surface area (Å²) in [6, 6.07) is 6.46. The molecule has 0 saturated carbocycles. The summed E-state index contributed by atoms with van der Waals surface area (Å²) in [6.07, 6.45) is 1.43. The number of aliphatic hydroxyl groups excluding tert-OH is 1. The standard InChI is InChI=1S/C22H31N3O4/c1-13(2)11-17(21(27)24-16-8-6-10-23-12-18(16)26)25-22(28)20-14(3)15-7-4-5-9-19(15)29-20/h4-5,7,9,13,16-18,23,26H,6,8,10-12H2,1-3H3,(H,24,27)(H,25,28)/t16?,17-,18?/m0/s1. The van der Waals surface area contributed by atoms with E-state index in [1.54, 1.807) is 0 Å². The Morgan fingerprint density at radius 3 is 2.79 bits per heavy atom. The predicted molar refractivity (Wildman–Crippen MR) is 112 cm³/mol. The summed E-state index contributed by atoms with van der Waals surface area (Å²) >= 11 is 0. The number of para-hydroxylation sites is 1. The number of carbonyl (C=O) groups excluding carboxylic acids is 2. The molecule has 0 radical (unpaired) electrons. The highest BCUT2D eigenvalue weighted by atomic mass is 16.3. The van der Waals surface area contributed by atoms with E-state index in [9.17, 15) is 14.7 Å². The van der Waals surface area contributed by atoms with Crippen LogP contribution < -0.4 is 16.0 Å². The molecule has 1 aliphatic rings. The Labute approximate surface area is 171 Å². The van der Waals surface area contributed by atoms with Crippen molar-refractivity contribution in [3.63, 3.8) is 0 Å². The first-order valence-corrected chi connectivity index (χ1v) is 10.3. The summed E-state index contributed by atoms with van der Waals surface area (Å²) in [4.78, 5) is 25.8. The number of hydrogen-bond donors (Lipinski definition) is 4. The third kappa shape index (κ3) is 5.16. The van der Waals surface area contributed by atoms with Crippen molar-refractivity contribution in [2.24, 2.45) is 5.92 Å². The number of β-amino-alcohol motifs (C(OH)–C–C–N with tert-alkyl or cyclic N) is 1. The third-order valence-electron chi connectivity index (χ3n) is 5.39. The second kappa shape index (κ2) is 9.41. The molecule has 1 aromatic heterocycles. The largest absolute Gasteiger partial charge is 0.451 e. The van der Waals surface area contributed by atoms with E-state index < -0.39 is 18.1 Å². The maximum Gasteiger partial charge on any atom is 0.287 e. The van der Waals surface area contributed by atoms with E-state index in [-0.39, 0.29) is 23.6 Å². The Balaban J connectivity index is 1.74. The Morgan fingerprint density at radius 1 is 1.31 bits per heavy atom. The van der Waals surface area contributed by atoms with Crippen LogP contribution in [0.1, 0.15) is 49.2 Å². The number of aliphatic hydroxyl groups is 1. The topological polar surface area (TPSA) is 104 Å². The van der Waals surface area contributed by atoms with Crippen molar-refractivity contribution >= 4 is 22.8 Å². The van der Waals surface area contributed by atoms with Crippen LogP contribution in [0.4, 0.5) is 0 Å². The van der Waals surface area contributed by atoms with E-state index >= 15 is 0 Å². The molecule has 158 valence electrons. The quantitative estimate of drug-likeness (QED) is 0.594. The van der Waals surface area contributed by atoms with E-state index in [2.05, 4.69) is 16.0 Å². The number of benzene rings is 1. The van der Waals surface area contributed by atoms with Gasteiger partial charge in [-0.1, -0.05) is 32.0 Å². The van der Waals surface area contributed by atoms with Gasteiger partial charge in [-0.25, -0.2) is 0 Å². The fraction of sp³-hybridized carbons (Fsp3) is 0.545. The molecule has 2 aromatic rings. The second-order valence-electron chi connectivity index (χ2n) is 8.24. The molecule has 0 spiro atoms. The number of aryl methyl sites for hydroxylation is 1. The highest BCUT2D eigenvalue weighted by molar-refractivity contribution is 6.00. The molecule has 1 aromatic carbocycles. The molecule has 2 amide bonds. The number of fused-ring (bicyclic) bond motifs is 1. The van der Waals surface area contributed by atoms with Gasteiger partial charge in [0.15, 0.2) is 5.76 Å². The molecule has 2 heterocycles. The van der Waals surface area contributed by atoms with Crippen LogP contribution in [0.3, 0.4) is 0 Å². The lowest BCUT2D eigenvalue weighted by atomic mass is 10.0. The van der Waals surface area contributed by atoms with Crippen molar-refractivity contribution in [1.29, 1.82) is 0 Å². The van der Waals surface area contributed by atoms with Crippen LogP contribution in [0, 0.1) is 12.8 Å². The lowest BCUT2D eigenvalue weighted by molar-refractivity contribution is -0.125. The van der Waals surface area contributed by atoms with Crippen molar-refractivity contribution in [2.45, 2.75) is 58.2 Å². The minimum atomic E-state index is -0.696. The molecule has 0 aliphatic carbocycles. The van der Waals surface area contributed by atoms with Gasteiger partial charge in [0.2, 0.25) is 5.91 Å². The van der Waals surface area contributed by atoms with E-state index in [1.807, 2.05) is 45.0 Å². The minimum Gasteiger partial charge on any atom is -0.451 e. The van der Waals surface area contributed by atoms with E-state index in [1.165, 1.54) is 0 Å². The monoisotopic (exact) mass is 401 g/mol. The number of rotatable bonds is 6. The molecule has 29 heavy (non-hydrogen) atoms. The summed E-state index contributed by atoms with van der Waals surface area (Å²) in [5.41, 5.74) is 1.40. The summed E-state index contributed by atoms with van der Waals surface area (Å²) in [5.74, 6) is -0.232. The number of hydrogen-bond acceptors (Lipinski definition) is 5. The fourth-order valence-electron chi connectivity index (χ4n) is 3.80. The average molecular weight is 402 g/mol. The molecule has 1 saturated heterocycles. The molecule has 4 N–H and O–H groups in total. The predicted octanol–water partition coefficient (Wildman–Crippen LogP) is 2.11. The van der Waals surface area contributed by atoms with Gasteiger partial charge in [0.25, 0.3) is 5.91 Å². The van der Waals surface area contributed by atoms with Crippen LogP contribution in [-0.2, 0) is 4.79 Å². The van der Waals surface area contributed by atoms with Crippen LogP contribution in [0.15, 0.2) is 28.7 Å². The number of furan rings is 1. The van der Waals surface area contributed by atoms with Gasteiger partial charge in [0, 0.05) is 17.5 Å². The Kier molecular flexibility index (Phi) is 6.92. The number of amides is 2. The first-order chi connectivity index (χ1) is 13.9. The highest BCUT2D eigenvalue weighted by Crippen LogP contribution is 2.25. The molecule has 0 bridgehead atoms. The van der Waals surface area contributed by atoms with Gasteiger partial charge in [0.05, 0.1) is 12.1 Å². The van der Waals surface area contributed by atoms with E-state index in [4.69, 9.17) is 4.42 Å². The molecular formula is C22H31N3O4. The number of carbonyl (C=O) groups is 2. The average Bonchev–Trinajstić information content (AvgIpc) is 2.89. The van der Waals surface area contributed by atoms with Gasteiger partial charge in [0.1, 0.15) is 11.6 Å². The number of nitrogens with one attached hydrogen (secondary N) is 3. The molecule has 1 fully saturated rings. The van der Waals surface area contributed by atoms with Crippen LogP contribution >= 0.6 is 0 Å². The van der Waals surface area contributed by atoms with E-state index in [0.717, 1.165) is 23.9 Å². The Hall–Kier alpha value is -2.38. The first kappa shape index (κ1) is 21.3. The van der Waals surface area contributed by atoms with Crippen molar-refractivity contribution in [2.75, 3.05) is 13.1 Å². The van der Waals surface area contributed by atoms with Crippen LogP contribution in [0.5, 0.6) is 0 Å². The molecule has 1 aliphatic heterocycles. The van der Waals surface area contributed by atoms with Gasteiger partial charge in [-0.3, -0.25) is 9.59 Å². The van der Waals surface area contributed by atoms with Crippen LogP contribution in [0.2, 0.25) is 0 Å². The Bertz CT molecular complexity index is 861. The molecular weight excluding hydrogens is 370 g/mol. The van der Waals surface area contributed by atoms with Crippen LogP contribution in [-0.4, -0.2) is 48.2 Å². The zero-order chi connectivity index (χ0) is 21.0. The van der Waals surface area contributed by atoms with Crippen molar-refractivity contribution in [3.05, 3.63) is 35.6 Å². The minimum absolute atomic E-state index is 0.212. The maximum absolute atomic E-state index is 12.9. The highest BCUT2D eigenvalue weighted by Gasteiger charge is 2.29. The third-order valence-corrected chi connectivity index (χ3v) is 5.39. The summed E-state index contributed by atoms with van der Waals surface area (Å²) < 4.78 is 5.74. The normalized spacial score (nSPS) is 21.0. The zero-order valence-electron chi connectivity index (χ0n) is 17.3. The van der Waals surface area contributed by atoms with Crippen molar-refractivity contribution in [3.8, 4) is 0 Å². The smallest absolute Gasteiger partial charge is 0.287 e. The lowest BCUT2D eigenvalue weighted by Gasteiger charge is -2.26. The molecule has 7 nitrogen and oxygen atoms in total. The summed E-state index contributed by atoms with van der Waals surface area (Å²) in [5, 5.41) is 20.1. The summed E-state index contributed by atoms with van der Waals surface area (Å²) in [7, 11) is 0. The SMILES string of the molecule is Cc1c(C(=O)N[C@@H](CC(C)C)C(=O)NC2CCCNCC2O)oc2ccccc12. The van der Waals surface area contributed by atoms with Gasteiger partial charge in [-0.2, -0.15) is 0 Å².